The standard InChI is InChI=1S/C12H12N2O/c13-9-3-1-8(2-4-9)11-6-5-10(14)7-12(11)15/h1-7,11H,13-14H2. The van der Waals surface area contributed by atoms with Gasteiger partial charge >= 0.3 is 0 Å². The second kappa shape index (κ2) is 3.61. The van der Waals surface area contributed by atoms with Gasteiger partial charge in [0.15, 0.2) is 5.78 Å². The average Bonchev–Trinajstić information content (AvgIpc) is 2.20. The molecule has 0 saturated carbocycles. The Morgan fingerprint density at radius 1 is 1.07 bits per heavy atom. The molecule has 0 amide bonds. The van der Waals surface area contributed by atoms with Crippen LogP contribution in [0.15, 0.2) is 48.2 Å². The molecule has 0 heterocycles. The normalized spacial score (nSPS) is 20.1. The zero-order valence-corrected chi connectivity index (χ0v) is 8.18. The van der Waals surface area contributed by atoms with Gasteiger partial charge in [0.2, 0.25) is 0 Å². The lowest BCUT2D eigenvalue weighted by Gasteiger charge is -2.13. The molecule has 76 valence electrons. The van der Waals surface area contributed by atoms with E-state index in [2.05, 4.69) is 0 Å². The summed E-state index contributed by atoms with van der Waals surface area (Å²) in [6.07, 6.45) is 5.02. The highest BCUT2D eigenvalue weighted by molar-refractivity contribution is 5.99. The number of benzene rings is 1. The Bertz CT molecular complexity index is 443. The van der Waals surface area contributed by atoms with Crippen molar-refractivity contribution in [1.29, 1.82) is 0 Å². The van der Waals surface area contributed by atoms with Crippen LogP contribution in [-0.4, -0.2) is 5.78 Å². The van der Waals surface area contributed by atoms with Crippen molar-refractivity contribution in [2.24, 2.45) is 5.73 Å². The Morgan fingerprint density at radius 3 is 2.33 bits per heavy atom. The first-order chi connectivity index (χ1) is 7.16. The third-order valence-electron chi connectivity index (χ3n) is 2.39. The minimum atomic E-state index is -0.224. The highest BCUT2D eigenvalue weighted by atomic mass is 16.1. The van der Waals surface area contributed by atoms with Crippen molar-refractivity contribution < 1.29 is 4.79 Å². The topological polar surface area (TPSA) is 69.1 Å². The van der Waals surface area contributed by atoms with Crippen LogP contribution in [0.25, 0.3) is 0 Å². The summed E-state index contributed by atoms with van der Waals surface area (Å²) in [5.74, 6) is -0.210. The van der Waals surface area contributed by atoms with Crippen molar-refractivity contribution in [3.8, 4) is 0 Å². The molecule has 0 spiro atoms. The lowest BCUT2D eigenvalue weighted by molar-refractivity contribution is -0.115. The third kappa shape index (κ3) is 1.91. The summed E-state index contributed by atoms with van der Waals surface area (Å²) in [6.45, 7) is 0. The second-order valence-corrected chi connectivity index (χ2v) is 3.55. The van der Waals surface area contributed by atoms with E-state index in [0.29, 0.717) is 11.4 Å². The van der Waals surface area contributed by atoms with Gasteiger partial charge in [0, 0.05) is 17.5 Å². The van der Waals surface area contributed by atoms with E-state index >= 15 is 0 Å². The number of nitrogen functional groups attached to an aromatic ring is 1. The Morgan fingerprint density at radius 2 is 1.73 bits per heavy atom. The van der Waals surface area contributed by atoms with E-state index in [9.17, 15) is 4.79 Å². The highest BCUT2D eigenvalue weighted by Gasteiger charge is 2.18. The summed E-state index contributed by atoms with van der Waals surface area (Å²) in [5.41, 5.74) is 13.2. The number of carbonyl (C=O) groups excluding carboxylic acids is 1. The highest BCUT2D eigenvalue weighted by Crippen LogP contribution is 2.23. The number of anilines is 1. The van der Waals surface area contributed by atoms with Gasteiger partial charge in [-0.1, -0.05) is 18.2 Å². The van der Waals surface area contributed by atoms with Gasteiger partial charge in [-0.05, 0) is 23.8 Å². The summed E-state index contributed by atoms with van der Waals surface area (Å²) in [5, 5.41) is 0. The first-order valence-electron chi connectivity index (χ1n) is 4.71. The third-order valence-corrected chi connectivity index (χ3v) is 2.39. The molecule has 1 aliphatic rings. The Hall–Kier alpha value is -2.03. The van der Waals surface area contributed by atoms with Gasteiger partial charge in [0.1, 0.15) is 0 Å². The molecule has 2 rings (SSSR count). The zero-order chi connectivity index (χ0) is 10.8. The molecule has 0 aromatic heterocycles. The van der Waals surface area contributed by atoms with Gasteiger partial charge in [-0.15, -0.1) is 0 Å². The first-order valence-corrected chi connectivity index (χ1v) is 4.71. The van der Waals surface area contributed by atoms with E-state index < -0.39 is 0 Å². The molecule has 3 nitrogen and oxygen atoms in total. The first kappa shape index (κ1) is 9.52. The lowest BCUT2D eigenvalue weighted by atomic mass is 9.90. The maximum Gasteiger partial charge on any atom is 0.168 e. The van der Waals surface area contributed by atoms with Crippen LogP contribution in [0.5, 0.6) is 0 Å². The quantitative estimate of drug-likeness (QED) is 0.672. The van der Waals surface area contributed by atoms with E-state index in [1.54, 1.807) is 18.2 Å². The van der Waals surface area contributed by atoms with Crippen LogP contribution in [0.1, 0.15) is 11.5 Å². The van der Waals surface area contributed by atoms with Gasteiger partial charge in [-0.25, -0.2) is 0 Å². The van der Waals surface area contributed by atoms with Gasteiger partial charge in [-0.2, -0.15) is 0 Å². The molecule has 0 saturated heterocycles. The van der Waals surface area contributed by atoms with Gasteiger partial charge < -0.3 is 11.5 Å². The largest absolute Gasteiger partial charge is 0.399 e. The number of hydrogen-bond donors (Lipinski definition) is 2. The van der Waals surface area contributed by atoms with Crippen LogP contribution in [0.4, 0.5) is 5.69 Å². The maximum absolute atomic E-state index is 11.7. The summed E-state index contributed by atoms with van der Waals surface area (Å²) >= 11 is 0. The summed E-state index contributed by atoms with van der Waals surface area (Å²) in [6, 6.07) is 7.30. The number of rotatable bonds is 1. The molecule has 1 aliphatic carbocycles. The van der Waals surface area contributed by atoms with Gasteiger partial charge in [0.25, 0.3) is 0 Å². The van der Waals surface area contributed by atoms with E-state index in [-0.39, 0.29) is 11.7 Å². The van der Waals surface area contributed by atoms with Crippen molar-refractivity contribution in [3.63, 3.8) is 0 Å². The summed E-state index contributed by atoms with van der Waals surface area (Å²) in [4.78, 5) is 11.7. The van der Waals surface area contributed by atoms with Crippen LogP contribution in [-0.2, 0) is 4.79 Å². The molecule has 1 aromatic carbocycles. The van der Waals surface area contributed by atoms with E-state index in [4.69, 9.17) is 11.5 Å². The fraction of sp³-hybridized carbons (Fsp3) is 0.0833. The van der Waals surface area contributed by atoms with Crippen LogP contribution < -0.4 is 11.5 Å². The average molecular weight is 200 g/mol. The Balaban J connectivity index is 2.30. The van der Waals surface area contributed by atoms with Crippen molar-refractivity contribution >= 4 is 11.5 Å². The molecule has 3 heteroatoms. The fourth-order valence-corrected chi connectivity index (χ4v) is 1.58. The summed E-state index contributed by atoms with van der Waals surface area (Å²) in [7, 11) is 0. The van der Waals surface area contributed by atoms with Crippen molar-refractivity contribution in [2.45, 2.75) is 5.92 Å². The molecule has 0 fully saturated rings. The molecule has 0 radical (unpaired) electrons. The smallest absolute Gasteiger partial charge is 0.168 e. The van der Waals surface area contributed by atoms with E-state index in [1.165, 1.54) is 6.08 Å². The predicted molar refractivity (Wildman–Crippen MR) is 60.0 cm³/mol. The van der Waals surface area contributed by atoms with Gasteiger partial charge in [-0.3, -0.25) is 4.79 Å². The Kier molecular flexibility index (Phi) is 2.29. The lowest BCUT2D eigenvalue weighted by Crippen LogP contribution is -2.14. The van der Waals surface area contributed by atoms with Crippen LogP contribution in [0, 0.1) is 0 Å². The summed E-state index contributed by atoms with van der Waals surface area (Å²) < 4.78 is 0. The molecular weight excluding hydrogens is 188 g/mol. The fourth-order valence-electron chi connectivity index (χ4n) is 1.58. The SMILES string of the molecule is NC1=CC(=O)C(c2ccc(N)cc2)C=C1. The van der Waals surface area contributed by atoms with Crippen LogP contribution >= 0.6 is 0 Å². The molecule has 15 heavy (non-hydrogen) atoms. The van der Waals surface area contributed by atoms with Crippen molar-refractivity contribution in [3.05, 3.63) is 53.8 Å². The number of ketones is 1. The maximum atomic E-state index is 11.7. The van der Waals surface area contributed by atoms with Crippen molar-refractivity contribution in [1.82, 2.24) is 0 Å². The van der Waals surface area contributed by atoms with E-state index in [1.807, 2.05) is 18.2 Å². The van der Waals surface area contributed by atoms with Crippen LogP contribution in [0.3, 0.4) is 0 Å². The van der Waals surface area contributed by atoms with Crippen LogP contribution in [0.2, 0.25) is 0 Å². The van der Waals surface area contributed by atoms with E-state index in [0.717, 1.165) is 5.56 Å². The second-order valence-electron chi connectivity index (χ2n) is 3.55. The monoisotopic (exact) mass is 200 g/mol. The molecule has 0 aliphatic heterocycles. The minimum absolute atomic E-state index is 0.0137. The molecule has 0 bridgehead atoms. The number of hydrogen-bond acceptors (Lipinski definition) is 3. The van der Waals surface area contributed by atoms with Crippen molar-refractivity contribution in [2.75, 3.05) is 5.73 Å². The minimum Gasteiger partial charge on any atom is -0.399 e. The predicted octanol–water partition coefficient (Wildman–Crippen LogP) is 1.33. The number of allylic oxidation sites excluding steroid dienone is 3. The number of nitrogens with two attached hydrogens (primary N) is 2. The molecule has 1 unspecified atom stereocenters. The molecule has 1 atom stereocenters. The molecular formula is C12H12N2O. The Labute approximate surface area is 88.1 Å². The molecule has 4 N–H and O–H groups in total. The number of carbonyl (C=O) groups is 1. The molecule has 1 aromatic rings. The van der Waals surface area contributed by atoms with Gasteiger partial charge in [0.05, 0.1) is 5.92 Å². The zero-order valence-electron chi connectivity index (χ0n) is 8.18.